The molecule has 1 fully saturated rings. The normalized spacial score (nSPS) is 17.0. The smallest absolute Gasteiger partial charge is 0.271 e. The standard InChI is InChI=1S/C15H22ClN3O/c1-10(2)14-17-9-12(16)13(19-14)15(20)18-11-7-5-3-4-6-8-11/h9-11H,3-8H2,1-2H3,(H,18,20). The van der Waals surface area contributed by atoms with E-state index in [1.807, 2.05) is 13.8 Å². The monoisotopic (exact) mass is 295 g/mol. The number of nitrogens with one attached hydrogen (secondary N) is 1. The van der Waals surface area contributed by atoms with Crippen LogP contribution in [0.5, 0.6) is 0 Å². The molecular formula is C15H22ClN3O. The van der Waals surface area contributed by atoms with Crippen molar-refractivity contribution in [1.29, 1.82) is 0 Å². The first-order valence-electron chi connectivity index (χ1n) is 7.41. The van der Waals surface area contributed by atoms with E-state index in [1.165, 1.54) is 31.9 Å². The zero-order valence-corrected chi connectivity index (χ0v) is 12.9. The second-order valence-electron chi connectivity index (χ2n) is 5.74. The predicted octanol–water partition coefficient (Wildman–Crippen LogP) is 3.71. The minimum absolute atomic E-state index is 0.175. The Hall–Kier alpha value is -1.16. The van der Waals surface area contributed by atoms with Gasteiger partial charge in [-0.3, -0.25) is 4.79 Å². The predicted molar refractivity (Wildman–Crippen MR) is 80.1 cm³/mol. The fourth-order valence-corrected chi connectivity index (χ4v) is 2.67. The summed E-state index contributed by atoms with van der Waals surface area (Å²) < 4.78 is 0. The van der Waals surface area contributed by atoms with E-state index in [1.54, 1.807) is 0 Å². The lowest BCUT2D eigenvalue weighted by atomic mass is 10.1. The maximum atomic E-state index is 12.3. The molecule has 0 aliphatic heterocycles. The summed E-state index contributed by atoms with van der Waals surface area (Å²) in [5, 5.41) is 3.39. The SMILES string of the molecule is CC(C)c1ncc(Cl)c(C(=O)NC2CCCCCC2)n1. The van der Waals surface area contributed by atoms with Gasteiger partial charge in [-0.1, -0.05) is 51.1 Å². The molecule has 0 radical (unpaired) electrons. The van der Waals surface area contributed by atoms with Crippen LogP contribution in [0.3, 0.4) is 0 Å². The number of hydrogen-bond donors (Lipinski definition) is 1. The molecule has 0 saturated heterocycles. The van der Waals surface area contributed by atoms with Gasteiger partial charge in [0.1, 0.15) is 11.5 Å². The molecule has 1 saturated carbocycles. The number of aromatic nitrogens is 2. The fraction of sp³-hybridized carbons (Fsp3) is 0.667. The Balaban J connectivity index is 2.09. The third-order valence-corrected chi connectivity index (χ3v) is 3.96. The Kier molecular flexibility index (Phi) is 5.35. The summed E-state index contributed by atoms with van der Waals surface area (Å²) in [5.41, 5.74) is 0.301. The minimum atomic E-state index is -0.175. The van der Waals surface area contributed by atoms with Crippen molar-refractivity contribution in [1.82, 2.24) is 15.3 Å². The molecule has 0 unspecified atom stereocenters. The van der Waals surface area contributed by atoms with Gasteiger partial charge in [-0.15, -0.1) is 0 Å². The van der Waals surface area contributed by atoms with Crippen molar-refractivity contribution in [2.24, 2.45) is 0 Å². The van der Waals surface area contributed by atoms with E-state index in [4.69, 9.17) is 11.6 Å². The minimum Gasteiger partial charge on any atom is -0.348 e. The molecule has 1 heterocycles. The summed E-state index contributed by atoms with van der Waals surface area (Å²) in [7, 11) is 0. The van der Waals surface area contributed by atoms with Gasteiger partial charge in [-0.05, 0) is 12.8 Å². The largest absolute Gasteiger partial charge is 0.348 e. The van der Waals surface area contributed by atoms with Crippen LogP contribution in [-0.4, -0.2) is 21.9 Å². The van der Waals surface area contributed by atoms with Crippen LogP contribution >= 0.6 is 11.6 Å². The molecule has 1 amide bonds. The number of hydrogen-bond acceptors (Lipinski definition) is 3. The average molecular weight is 296 g/mol. The van der Waals surface area contributed by atoms with Crippen molar-refractivity contribution in [3.8, 4) is 0 Å². The highest BCUT2D eigenvalue weighted by Gasteiger charge is 2.20. The lowest BCUT2D eigenvalue weighted by Crippen LogP contribution is -2.35. The molecule has 1 aromatic rings. The van der Waals surface area contributed by atoms with Crippen LogP contribution in [0.2, 0.25) is 5.02 Å². The van der Waals surface area contributed by atoms with Crippen molar-refractivity contribution in [3.63, 3.8) is 0 Å². The summed E-state index contributed by atoms with van der Waals surface area (Å²) in [5.74, 6) is 0.656. The van der Waals surface area contributed by atoms with Gasteiger partial charge < -0.3 is 5.32 Å². The first kappa shape index (κ1) is 15.2. The summed E-state index contributed by atoms with van der Waals surface area (Å²) in [6.45, 7) is 3.99. The highest BCUT2D eigenvalue weighted by atomic mass is 35.5. The van der Waals surface area contributed by atoms with Gasteiger partial charge in [0.2, 0.25) is 0 Å². The first-order valence-corrected chi connectivity index (χ1v) is 7.79. The molecule has 0 bridgehead atoms. The Morgan fingerprint density at radius 1 is 1.30 bits per heavy atom. The molecule has 0 atom stereocenters. The van der Waals surface area contributed by atoms with Gasteiger partial charge in [0.05, 0.1) is 11.2 Å². The van der Waals surface area contributed by atoms with E-state index in [2.05, 4.69) is 15.3 Å². The molecule has 5 heteroatoms. The topological polar surface area (TPSA) is 54.9 Å². The van der Waals surface area contributed by atoms with Crippen LogP contribution in [0.15, 0.2) is 6.20 Å². The number of carbonyl (C=O) groups excluding carboxylic acids is 1. The molecule has 1 aliphatic rings. The van der Waals surface area contributed by atoms with Crippen molar-refractivity contribution in [3.05, 3.63) is 22.7 Å². The number of amides is 1. The molecule has 0 spiro atoms. The van der Waals surface area contributed by atoms with E-state index in [0.717, 1.165) is 12.8 Å². The number of carbonyl (C=O) groups is 1. The molecule has 110 valence electrons. The van der Waals surface area contributed by atoms with Crippen LogP contribution in [0, 0.1) is 0 Å². The first-order chi connectivity index (χ1) is 9.58. The summed E-state index contributed by atoms with van der Waals surface area (Å²) in [6.07, 6.45) is 8.50. The Morgan fingerprint density at radius 2 is 1.95 bits per heavy atom. The molecule has 20 heavy (non-hydrogen) atoms. The number of halogens is 1. The Morgan fingerprint density at radius 3 is 2.55 bits per heavy atom. The van der Waals surface area contributed by atoms with Crippen LogP contribution in [-0.2, 0) is 0 Å². The third-order valence-electron chi connectivity index (χ3n) is 3.68. The van der Waals surface area contributed by atoms with Gasteiger partial charge in [-0.25, -0.2) is 9.97 Å². The maximum absolute atomic E-state index is 12.3. The van der Waals surface area contributed by atoms with Gasteiger partial charge in [0.25, 0.3) is 5.91 Å². The Labute approximate surface area is 125 Å². The second-order valence-corrected chi connectivity index (χ2v) is 6.15. The molecule has 0 aromatic carbocycles. The average Bonchev–Trinajstić information content (AvgIpc) is 2.67. The summed E-state index contributed by atoms with van der Waals surface area (Å²) >= 11 is 6.06. The van der Waals surface area contributed by atoms with Gasteiger partial charge in [0, 0.05) is 12.0 Å². The van der Waals surface area contributed by atoms with E-state index in [9.17, 15) is 4.79 Å². The Bertz CT molecular complexity index is 468. The number of rotatable bonds is 3. The molecule has 1 aromatic heterocycles. The fourth-order valence-electron chi connectivity index (χ4n) is 2.50. The van der Waals surface area contributed by atoms with Gasteiger partial charge in [0.15, 0.2) is 0 Å². The van der Waals surface area contributed by atoms with Gasteiger partial charge >= 0.3 is 0 Å². The van der Waals surface area contributed by atoms with Crippen molar-refractivity contribution < 1.29 is 4.79 Å². The van der Waals surface area contributed by atoms with E-state index < -0.39 is 0 Å². The lowest BCUT2D eigenvalue weighted by Gasteiger charge is -2.16. The van der Waals surface area contributed by atoms with Crippen LogP contribution < -0.4 is 5.32 Å². The summed E-state index contributed by atoms with van der Waals surface area (Å²) in [6, 6.07) is 0.249. The third kappa shape index (κ3) is 3.92. The number of nitrogens with zero attached hydrogens (tertiary/aromatic N) is 2. The summed E-state index contributed by atoms with van der Waals surface area (Å²) in [4.78, 5) is 20.8. The van der Waals surface area contributed by atoms with E-state index in [-0.39, 0.29) is 17.9 Å². The molecule has 2 rings (SSSR count). The maximum Gasteiger partial charge on any atom is 0.271 e. The molecule has 1 N–H and O–H groups in total. The second kappa shape index (κ2) is 7.02. The van der Waals surface area contributed by atoms with Crippen LogP contribution in [0.1, 0.15) is 74.6 Å². The van der Waals surface area contributed by atoms with E-state index in [0.29, 0.717) is 16.5 Å². The molecule has 1 aliphatic carbocycles. The van der Waals surface area contributed by atoms with Crippen LogP contribution in [0.25, 0.3) is 0 Å². The highest BCUT2D eigenvalue weighted by molar-refractivity contribution is 6.33. The van der Waals surface area contributed by atoms with E-state index >= 15 is 0 Å². The zero-order chi connectivity index (χ0) is 14.5. The quantitative estimate of drug-likeness (QED) is 0.865. The van der Waals surface area contributed by atoms with Crippen molar-refractivity contribution >= 4 is 17.5 Å². The lowest BCUT2D eigenvalue weighted by molar-refractivity contribution is 0.0928. The van der Waals surface area contributed by atoms with Crippen molar-refractivity contribution in [2.45, 2.75) is 64.3 Å². The highest BCUT2D eigenvalue weighted by Crippen LogP contribution is 2.19. The van der Waals surface area contributed by atoms with Crippen LogP contribution in [0.4, 0.5) is 0 Å². The van der Waals surface area contributed by atoms with Gasteiger partial charge in [-0.2, -0.15) is 0 Å². The zero-order valence-electron chi connectivity index (χ0n) is 12.2. The molecule has 4 nitrogen and oxygen atoms in total. The van der Waals surface area contributed by atoms with Crippen molar-refractivity contribution in [2.75, 3.05) is 0 Å². The molecular weight excluding hydrogens is 274 g/mol.